The molecule has 0 aromatic carbocycles. The summed E-state index contributed by atoms with van der Waals surface area (Å²) in [6.07, 6.45) is -3.27. The van der Waals surface area contributed by atoms with E-state index in [-0.39, 0.29) is 5.52 Å². The first-order valence-electron chi connectivity index (χ1n) is 7.00. The van der Waals surface area contributed by atoms with Gasteiger partial charge in [0.2, 0.25) is 5.88 Å². The van der Waals surface area contributed by atoms with E-state index in [9.17, 15) is 30.4 Å². The van der Waals surface area contributed by atoms with Gasteiger partial charge in [0.05, 0.1) is 25.0 Å². The van der Waals surface area contributed by atoms with Crippen LogP contribution >= 0.6 is 0 Å². The maximum atomic E-state index is 13.7. The quantitative estimate of drug-likeness (QED) is 0.671. The summed E-state index contributed by atoms with van der Waals surface area (Å²) in [7, 11) is -3.49. The Hall–Kier alpha value is -2.96. The number of nitrogens with zero attached hydrogens (tertiary/aromatic N) is 3. The lowest BCUT2D eigenvalue weighted by atomic mass is 10.3. The van der Waals surface area contributed by atoms with Gasteiger partial charge in [0.15, 0.2) is 11.5 Å². The minimum Gasteiger partial charge on any atom is -0.479 e. The smallest absolute Gasteiger partial charge is 0.436 e. The van der Waals surface area contributed by atoms with E-state index < -0.39 is 50.0 Å². The highest BCUT2D eigenvalue weighted by atomic mass is 32.2. The minimum absolute atomic E-state index is 0.0109. The molecule has 27 heavy (non-hydrogen) atoms. The molecule has 0 unspecified atom stereocenters. The molecule has 0 radical (unpaired) electrons. The van der Waals surface area contributed by atoms with Crippen LogP contribution in [-0.2, 0) is 16.2 Å². The summed E-state index contributed by atoms with van der Waals surface area (Å²) in [6, 6.07) is 2.44. The van der Waals surface area contributed by atoms with Gasteiger partial charge in [-0.25, -0.2) is 26.7 Å². The fourth-order valence-corrected chi connectivity index (χ4v) is 3.41. The number of aromatic nitrogens is 3. The second kappa shape index (κ2) is 6.33. The first-order valence-corrected chi connectivity index (χ1v) is 8.48. The van der Waals surface area contributed by atoms with Crippen molar-refractivity contribution in [3.8, 4) is 5.88 Å². The van der Waals surface area contributed by atoms with E-state index in [0.29, 0.717) is 6.07 Å². The number of anilines is 1. The topological polar surface area (TPSA) is 85.6 Å². The SMILES string of the molecule is COc1nc(C(F)(F)F)c(F)cc1NS(=O)(=O)c1cnn2cc(F)ccc12. The van der Waals surface area contributed by atoms with Crippen molar-refractivity contribution < 1.29 is 35.1 Å². The number of ether oxygens (including phenoxy) is 1. The van der Waals surface area contributed by atoms with Crippen LogP contribution in [0.5, 0.6) is 5.88 Å². The number of fused-ring (bicyclic) bond motifs is 1. The van der Waals surface area contributed by atoms with Gasteiger partial charge < -0.3 is 4.74 Å². The fraction of sp³-hybridized carbons (Fsp3) is 0.143. The van der Waals surface area contributed by atoms with E-state index in [1.165, 1.54) is 0 Å². The van der Waals surface area contributed by atoms with Gasteiger partial charge in [0.25, 0.3) is 10.0 Å². The highest BCUT2D eigenvalue weighted by molar-refractivity contribution is 7.93. The Morgan fingerprint density at radius 2 is 1.93 bits per heavy atom. The third-order valence-electron chi connectivity index (χ3n) is 3.38. The van der Waals surface area contributed by atoms with E-state index in [1.807, 2.05) is 4.72 Å². The third-order valence-corrected chi connectivity index (χ3v) is 4.76. The van der Waals surface area contributed by atoms with Crippen LogP contribution in [0.3, 0.4) is 0 Å². The average molecular weight is 408 g/mol. The van der Waals surface area contributed by atoms with Gasteiger partial charge in [0.1, 0.15) is 16.4 Å². The fourth-order valence-electron chi connectivity index (χ4n) is 2.24. The Labute approximate surface area is 148 Å². The molecule has 0 saturated heterocycles. The number of pyridine rings is 2. The number of nitrogens with one attached hydrogen (secondary N) is 1. The molecule has 0 spiro atoms. The molecular formula is C14H9F5N4O3S. The lowest BCUT2D eigenvalue weighted by Crippen LogP contribution is -2.17. The van der Waals surface area contributed by atoms with Gasteiger partial charge in [-0.05, 0) is 12.1 Å². The van der Waals surface area contributed by atoms with Crippen LogP contribution in [0.4, 0.5) is 27.6 Å². The van der Waals surface area contributed by atoms with Crippen LogP contribution in [-0.4, -0.2) is 30.1 Å². The van der Waals surface area contributed by atoms with Crippen molar-refractivity contribution in [1.29, 1.82) is 0 Å². The van der Waals surface area contributed by atoms with Crippen molar-refractivity contribution >= 4 is 21.2 Å². The summed E-state index contributed by atoms with van der Waals surface area (Å²) in [6.45, 7) is 0. The predicted octanol–water partition coefficient (Wildman–Crippen LogP) is 2.84. The molecule has 3 rings (SSSR count). The van der Waals surface area contributed by atoms with Gasteiger partial charge in [-0.3, -0.25) is 4.72 Å². The molecule has 3 aromatic heterocycles. The number of sulfonamides is 1. The number of hydrogen-bond acceptors (Lipinski definition) is 5. The molecule has 13 heteroatoms. The molecule has 0 saturated carbocycles. The van der Waals surface area contributed by atoms with E-state index in [0.717, 1.165) is 36.2 Å². The van der Waals surface area contributed by atoms with E-state index in [1.54, 1.807) is 0 Å². The van der Waals surface area contributed by atoms with E-state index in [4.69, 9.17) is 0 Å². The zero-order chi connectivity index (χ0) is 20.0. The van der Waals surface area contributed by atoms with Gasteiger partial charge in [-0.1, -0.05) is 0 Å². The number of rotatable bonds is 4. The largest absolute Gasteiger partial charge is 0.479 e. The normalized spacial score (nSPS) is 12.4. The van der Waals surface area contributed by atoms with Gasteiger partial charge >= 0.3 is 6.18 Å². The molecule has 0 fully saturated rings. The van der Waals surface area contributed by atoms with E-state index in [2.05, 4.69) is 14.8 Å². The van der Waals surface area contributed by atoms with Crippen molar-refractivity contribution in [2.24, 2.45) is 0 Å². The zero-order valence-corrected chi connectivity index (χ0v) is 14.1. The molecule has 0 amide bonds. The van der Waals surface area contributed by atoms with Crippen molar-refractivity contribution in [1.82, 2.24) is 14.6 Å². The summed E-state index contributed by atoms with van der Waals surface area (Å²) in [5, 5.41) is 3.68. The van der Waals surface area contributed by atoms with Gasteiger partial charge in [-0.2, -0.15) is 18.3 Å². The van der Waals surface area contributed by atoms with Crippen molar-refractivity contribution in [3.05, 3.63) is 47.9 Å². The molecule has 0 aliphatic heterocycles. The Kier molecular flexibility index (Phi) is 4.41. The van der Waals surface area contributed by atoms with Crippen LogP contribution in [0.2, 0.25) is 0 Å². The van der Waals surface area contributed by atoms with Crippen molar-refractivity contribution in [3.63, 3.8) is 0 Å². The molecule has 3 aromatic rings. The number of halogens is 5. The van der Waals surface area contributed by atoms with E-state index >= 15 is 0 Å². The zero-order valence-electron chi connectivity index (χ0n) is 13.3. The highest BCUT2D eigenvalue weighted by Gasteiger charge is 2.38. The Bertz CT molecular complexity index is 1130. The van der Waals surface area contributed by atoms with Crippen LogP contribution in [0.25, 0.3) is 5.52 Å². The lowest BCUT2D eigenvalue weighted by molar-refractivity contribution is -0.143. The summed E-state index contributed by atoms with van der Waals surface area (Å²) in [5.74, 6) is -3.24. The average Bonchev–Trinajstić information content (AvgIpc) is 2.97. The molecule has 3 heterocycles. The number of hydrogen-bond donors (Lipinski definition) is 1. The van der Waals surface area contributed by atoms with Crippen molar-refractivity contribution in [2.45, 2.75) is 11.1 Å². The standard InChI is InChI=1S/C14H9F5N4O3S/c1-26-13-9(4-8(16)12(21-13)14(17,18)19)22-27(24,25)11-5-20-23-6-7(15)2-3-10(11)23/h2-6,22H,1H3. The summed E-state index contributed by atoms with van der Waals surface area (Å²) in [5.41, 5.74) is -2.51. The number of alkyl halides is 3. The van der Waals surface area contributed by atoms with Gasteiger partial charge in [-0.15, -0.1) is 0 Å². The maximum Gasteiger partial charge on any atom is 0.436 e. The molecule has 144 valence electrons. The molecule has 0 aliphatic carbocycles. The second-order valence-electron chi connectivity index (χ2n) is 5.16. The number of methoxy groups -OCH3 is 1. The minimum atomic E-state index is -5.10. The molecule has 7 nitrogen and oxygen atoms in total. The second-order valence-corrected chi connectivity index (χ2v) is 6.82. The summed E-state index contributed by atoms with van der Waals surface area (Å²) in [4.78, 5) is 2.57. The monoisotopic (exact) mass is 408 g/mol. The van der Waals surface area contributed by atoms with Gasteiger partial charge in [0, 0.05) is 6.07 Å². The Morgan fingerprint density at radius 1 is 1.22 bits per heavy atom. The van der Waals surface area contributed by atoms with Crippen LogP contribution in [0.15, 0.2) is 35.5 Å². The van der Waals surface area contributed by atoms with Crippen LogP contribution in [0, 0.1) is 11.6 Å². The molecular weight excluding hydrogens is 399 g/mol. The predicted molar refractivity (Wildman–Crippen MR) is 81.7 cm³/mol. The molecule has 1 N–H and O–H groups in total. The van der Waals surface area contributed by atoms with Crippen LogP contribution in [0.1, 0.15) is 5.69 Å². The maximum absolute atomic E-state index is 13.7. The Balaban J connectivity index is 2.06. The molecule has 0 aliphatic rings. The Morgan fingerprint density at radius 3 is 2.56 bits per heavy atom. The first-order chi connectivity index (χ1) is 12.5. The van der Waals surface area contributed by atoms with Crippen LogP contribution < -0.4 is 9.46 Å². The first kappa shape index (κ1) is 18.8. The summed E-state index contributed by atoms with van der Waals surface area (Å²) < 4.78 is 97.7. The molecule has 0 bridgehead atoms. The summed E-state index contributed by atoms with van der Waals surface area (Å²) >= 11 is 0. The highest BCUT2D eigenvalue weighted by Crippen LogP contribution is 2.35. The third kappa shape index (κ3) is 3.49. The molecule has 0 atom stereocenters. The lowest BCUT2D eigenvalue weighted by Gasteiger charge is -2.14. The van der Waals surface area contributed by atoms with Crippen molar-refractivity contribution in [2.75, 3.05) is 11.8 Å².